The normalized spacial score (nSPS) is 33.9. The van der Waals surface area contributed by atoms with Crippen LogP contribution >= 0.6 is 7.60 Å². The maximum Gasteiger partial charge on any atom is 0.340 e. The first-order valence-electron chi connectivity index (χ1n) is 8.92. The Morgan fingerprint density at radius 3 is 1.81 bits per heavy atom. The van der Waals surface area contributed by atoms with E-state index in [1.54, 1.807) is 0 Å². The fraction of sp³-hybridized carbons (Fsp3) is 0.381. The van der Waals surface area contributed by atoms with Gasteiger partial charge in [0.2, 0.25) is 0 Å². The number of Topliss-reactive ketones (excluding diaryl/α,β-unsaturated/α-hetero) is 1. The van der Waals surface area contributed by atoms with Crippen LogP contribution in [0.25, 0.3) is 0 Å². The molecule has 3 atom stereocenters. The predicted molar refractivity (Wildman–Crippen MR) is 98.6 cm³/mol. The van der Waals surface area contributed by atoms with Crippen molar-refractivity contribution < 1.29 is 18.4 Å². The van der Waals surface area contributed by atoms with E-state index in [1.165, 1.54) is 36.5 Å². The second-order valence-electron chi connectivity index (χ2n) is 7.69. The number of benzene rings is 2. The van der Waals surface area contributed by atoms with E-state index in [9.17, 15) is 9.36 Å². The van der Waals surface area contributed by atoms with Gasteiger partial charge in [-0.15, -0.1) is 0 Å². The Morgan fingerprint density at radius 1 is 0.885 bits per heavy atom. The van der Waals surface area contributed by atoms with Crippen LogP contribution in [-0.2, 0) is 18.4 Å². The molecule has 134 valence electrons. The monoisotopic (exact) mass is 368 g/mol. The molecular weight excluding hydrogens is 347 g/mol. The summed E-state index contributed by atoms with van der Waals surface area (Å²) in [5.74, 6) is -0.0291. The highest BCUT2D eigenvalue weighted by Gasteiger charge is 2.74. The summed E-state index contributed by atoms with van der Waals surface area (Å²) < 4.78 is 23.7. The van der Waals surface area contributed by atoms with Crippen LogP contribution in [0.15, 0.2) is 48.5 Å². The van der Waals surface area contributed by atoms with Crippen LogP contribution in [0.5, 0.6) is 0 Å². The first-order chi connectivity index (χ1) is 12.5. The first-order valence-corrected chi connectivity index (χ1v) is 10.5. The van der Waals surface area contributed by atoms with Gasteiger partial charge < -0.3 is 9.05 Å². The Morgan fingerprint density at radius 2 is 1.35 bits per heavy atom. The standard InChI is InChI=1S/C21H21O4P/c1-21-17-14-10-6-4-8-12(14)16(13-9-5-7-11-15(13)17)18(21)19(20(21)22)26(23,24-2)25-3/h4-11,16-19H,1-3H3. The lowest BCUT2D eigenvalue weighted by Gasteiger charge is -2.65. The van der Waals surface area contributed by atoms with Gasteiger partial charge in [-0.2, -0.15) is 0 Å². The smallest absolute Gasteiger partial charge is 0.311 e. The Balaban J connectivity index is 1.79. The highest BCUT2D eigenvalue weighted by Crippen LogP contribution is 2.76. The van der Waals surface area contributed by atoms with E-state index in [0.717, 1.165) is 0 Å². The molecule has 5 heteroatoms. The van der Waals surface area contributed by atoms with Gasteiger partial charge in [-0.3, -0.25) is 9.36 Å². The maximum atomic E-state index is 13.4. The van der Waals surface area contributed by atoms with E-state index in [0.29, 0.717) is 0 Å². The minimum atomic E-state index is -3.48. The third kappa shape index (κ3) is 1.64. The van der Waals surface area contributed by atoms with Gasteiger partial charge in [-0.25, -0.2) is 0 Å². The SMILES string of the molecule is COP(=O)(OC)C1C(=O)C2(C)C3c4ccccc4C(c4ccccc43)C12. The molecule has 6 rings (SSSR count). The highest BCUT2D eigenvalue weighted by molar-refractivity contribution is 7.56. The Bertz CT molecular complexity index is 928. The van der Waals surface area contributed by atoms with Gasteiger partial charge in [0.05, 0.1) is 0 Å². The molecule has 0 heterocycles. The number of carbonyl (C=O) groups is 1. The molecule has 26 heavy (non-hydrogen) atoms. The molecule has 1 saturated carbocycles. The van der Waals surface area contributed by atoms with Gasteiger partial charge >= 0.3 is 7.60 Å². The highest BCUT2D eigenvalue weighted by atomic mass is 31.2. The number of ketones is 1. The third-order valence-corrected chi connectivity index (χ3v) is 9.18. The summed E-state index contributed by atoms with van der Waals surface area (Å²) in [6.07, 6.45) is 0. The lowest BCUT2D eigenvalue weighted by atomic mass is 9.39. The van der Waals surface area contributed by atoms with Crippen molar-refractivity contribution in [3.05, 3.63) is 70.8 Å². The van der Waals surface area contributed by atoms with E-state index >= 15 is 0 Å². The Kier molecular flexibility index (Phi) is 3.26. The van der Waals surface area contributed by atoms with E-state index < -0.39 is 18.7 Å². The van der Waals surface area contributed by atoms with Crippen LogP contribution < -0.4 is 0 Å². The summed E-state index contributed by atoms with van der Waals surface area (Å²) in [4.78, 5) is 13.4. The molecule has 1 fully saturated rings. The summed E-state index contributed by atoms with van der Waals surface area (Å²) in [6, 6.07) is 16.7. The minimum absolute atomic E-state index is 0.00388. The van der Waals surface area contributed by atoms with Crippen molar-refractivity contribution >= 4 is 13.4 Å². The van der Waals surface area contributed by atoms with Gasteiger partial charge in [-0.1, -0.05) is 55.5 Å². The zero-order valence-corrected chi connectivity index (χ0v) is 15.9. The Hall–Kier alpha value is -1.74. The summed E-state index contributed by atoms with van der Waals surface area (Å²) >= 11 is 0. The molecule has 0 spiro atoms. The molecule has 0 N–H and O–H groups in total. The number of hydrogen-bond donors (Lipinski definition) is 0. The van der Waals surface area contributed by atoms with Gasteiger partial charge in [-0.05, 0) is 22.3 Å². The molecule has 0 aliphatic heterocycles. The van der Waals surface area contributed by atoms with Gasteiger partial charge in [0.15, 0.2) is 5.78 Å². The summed E-state index contributed by atoms with van der Waals surface area (Å²) in [6.45, 7) is 2.04. The zero-order chi connectivity index (χ0) is 18.3. The lowest BCUT2D eigenvalue weighted by Crippen LogP contribution is -2.68. The van der Waals surface area contributed by atoms with Crippen molar-refractivity contribution in [1.82, 2.24) is 0 Å². The van der Waals surface area contributed by atoms with Crippen molar-refractivity contribution in [3.8, 4) is 0 Å². The Labute approximate surface area is 153 Å². The third-order valence-electron chi connectivity index (χ3n) is 6.92. The van der Waals surface area contributed by atoms with E-state index in [-0.39, 0.29) is 23.5 Å². The van der Waals surface area contributed by atoms with Crippen LogP contribution in [-0.4, -0.2) is 25.7 Å². The van der Waals surface area contributed by atoms with Crippen LogP contribution in [0.2, 0.25) is 0 Å². The molecule has 3 unspecified atom stereocenters. The van der Waals surface area contributed by atoms with Gasteiger partial charge in [0.25, 0.3) is 0 Å². The minimum Gasteiger partial charge on any atom is -0.311 e. The van der Waals surface area contributed by atoms with Crippen molar-refractivity contribution in [2.75, 3.05) is 14.2 Å². The van der Waals surface area contributed by atoms with Gasteiger partial charge in [0, 0.05) is 37.4 Å². The largest absolute Gasteiger partial charge is 0.340 e. The second-order valence-corrected chi connectivity index (χ2v) is 10.1. The molecule has 0 amide bonds. The average molecular weight is 368 g/mol. The van der Waals surface area contributed by atoms with Crippen LogP contribution in [0.1, 0.15) is 41.0 Å². The molecule has 4 aliphatic rings. The molecule has 4 nitrogen and oxygen atoms in total. The van der Waals surface area contributed by atoms with Crippen LogP contribution in [0, 0.1) is 11.3 Å². The molecular formula is C21H21O4P. The van der Waals surface area contributed by atoms with E-state index in [4.69, 9.17) is 9.05 Å². The number of hydrogen-bond acceptors (Lipinski definition) is 4. The molecule has 2 aromatic rings. The fourth-order valence-corrected chi connectivity index (χ4v) is 7.91. The van der Waals surface area contributed by atoms with Crippen molar-refractivity contribution in [2.45, 2.75) is 24.4 Å². The molecule has 4 aliphatic carbocycles. The summed E-state index contributed by atoms with van der Waals surface area (Å²) in [5.41, 5.74) is 3.68. The topological polar surface area (TPSA) is 52.6 Å². The van der Waals surface area contributed by atoms with Crippen molar-refractivity contribution in [2.24, 2.45) is 11.3 Å². The van der Waals surface area contributed by atoms with E-state index in [2.05, 4.69) is 24.3 Å². The lowest BCUT2D eigenvalue weighted by molar-refractivity contribution is -0.149. The van der Waals surface area contributed by atoms with Gasteiger partial charge in [0.1, 0.15) is 5.66 Å². The zero-order valence-electron chi connectivity index (χ0n) is 15.0. The van der Waals surface area contributed by atoms with Crippen molar-refractivity contribution in [3.63, 3.8) is 0 Å². The summed E-state index contributed by atoms with van der Waals surface area (Å²) in [5, 5.41) is 0. The number of rotatable bonds is 3. The number of carbonyl (C=O) groups excluding carboxylic acids is 1. The fourth-order valence-electron chi connectivity index (χ4n) is 5.86. The maximum absolute atomic E-state index is 13.4. The summed E-state index contributed by atoms with van der Waals surface area (Å²) in [7, 11) is -0.734. The van der Waals surface area contributed by atoms with Crippen LogP contribution in [0.4, 0.5) is 0 Å². The molecule has 2 aromatic carbocycles. The average Bonchev–Trinajstić information content (AvgIpc) is 2.69. The molecule has 0 aromatic heterocycles. The van der Waals surface area contributed by atoms with E-state index in [1.807, 2.05) is 31.2 Å². The molecule has 2 bridgehead atoms. The predicted octanol–water partition coefficient (Wildman–Crippen LogP) is 4.34. The van der Waals surface area contributed by atoms with Crippen LogP contribution in [0.3, 0.4) is 0 Å². The quantitative estimate of drug-likeness (QED) is 0.757. The second kappa shape index (κ2) is 5.16. The first kappa shape index (κ1) is 16.4. The molecule has 0 saturated heterocycles. The van der Waals surface area contributed by atoms with Crippen molar-refractivity contribution in [1.29, 1.82) is 0 Å². The molecule has 0 radical (unpaired) electrons.